The van der Waals surface area contributed by atoms with Crippen LogP contribution >= 0.6 is 0 Å². The number of nitrogens with zero attached hydrogens (tertiary/aromatic N) is 3. The maximum absolute atomic E-state index is 14.6. The Morgan fingerprint density at radius 3 is 2.59 bits per heavy atom. The minimum absolute atomic E-state index is 0.0491. The maximum atomic E-state index is 14.6. The highest BCUT2D eigenvalue weighted by molar-refractivity contribution is 5.98. The molecule has 0 unspecified atom stereocenters. The van der Waals surface area contributed by atoms with Crippen molar-refractivity contribution in [1.29, 1.82) is 0 Å². The lowest BCUT2D eigenvalue weighted by atomic mass is 9.70. The average Bonchev–Trinajstić information content (AvgIpc) is 3.77. The number of esters is 1. The van der Waals surface area contributed by atoms with Crippen molar-refractivity contribution in [3.63, 3.8) is 0 Å². The van der Waals surface area contributed by atoms with E-state index in [-0.39, 0.29) is 37.3 Å². The smallest absolute Gasteiger partial charge is 0.313 e. The van der Waals surface area contributed by atoms with Crippen LogP contribution in [0.4, 0.5) is 0 Å². The molecule has 268 valence electrons. The fourth-order valence-corrected chi connectivity index (χ4v) is 7.86. The summed E-state index contributed by atoms with van der Waals surface area (Å²) < 4.78 is 18.3. The molecule has 0 aromatic heterocycles. The second-order valence-electron chi connectivity index (χ2n) is 13.4. The first-order valence-electron chi connectivity index (χ1n) is 17.8. The molecule has 12 nitrogen and oxygen atoms in total. The van der Waals surface area contributed by atoms with Crippen molar-refractivity contribution in [2.24, 2.45) is 11.8 Å². The topological polar surface area (TPSA) is 138 Å². The van der Waals surface area contributed by atoms with Gasteiger partial charge in [0, 0.05) is 52.3 Å². The number of hydrogen-bond donors (Lipinski definition) is 2. The third kappa shape index (κ3) is 8.25. The first kappa shape index (κ1) is 36.7. The van der Waals surface area contributed by atoms with Gasteiger partial charge < -0.3 is 34.4 Å². The Labute approximate surface area is 289 Å². The normalized spacial score (nSPS) is 26.6. The largest absolute Gasteiger partial charge is 0.455 e. The van der Waals surface area contributed by atoms with Crippen LogP contribution in [-0.4, -0.2) is 127 Å². The van der Waals surface area contributed by atoms with Crippen molar-refractivity contribution in [2.45, 2.75) is 68.8 Å². The number of fused-ring (bicyclic) bond motifs is 1. The van der Waals surface area contributed by atoms with Crippen LogP contribution in [-0.2, 0) is 33.4 Å². The lowest BCUT2D eigenvalue weighted by Gasteiger charge is -2.37. The van der Waals surface area contributed by atoms with Crippen LogP contribution in [0.5, 0.6) is 0 Å². The quantitative estimate of drug-likeness (QED) is 0.128. The lowest BCUT2D eigenvalue weighted by Crippen LogP contribution is -2.57. The molecule has 1 aromatic carbocycles. The van der Waals surface area contributed by atoms with Crippen LogP contribution < -0.4 is 5.32 Å². The fraction of sp³-hybridized carbons (Fsp3) is 0.622. The molecule has 4 saturated heterocycles. The molecule has 0 saturated carbocycles. The SMILES string of the molecule is C=CCCC(=O)NC[C@H](OC(=O)[C@@H]1[C@H]2C(=O)N(CCCCCO)[C@H](C(=O)N(CC=C)CCN3CCOCC3)[C@]23CC[C@H]1O3)c1ccccc1. The Morgan fingerprint density at radius 2 is 1.88 bits per heavy atom. The number of hydrogen-bond acceptors (Lipinski definition) is 9. The number of nitrogens with one attached hydrogen (secondary N) is 1. The molecule has 4 heterocycles. The van der Waals surface area contributed by atoms with Crippen molar-refractivity contribution in [3.05, 3.63) is 61.2 Å². The Balaban J connectivity index is 1.38. The summed E-state index contributed by atoms with van der Waals surface area (Å²) in [7, 11) is 0. The van der Waals surface area contributed by atoms with E-state index in [0.717, 1.165) is 18.7 Å². The number of allylic oxidation sites excluding steroid dienone is 1. The molecule has 4 fully saturated rings. The van der Waals surface area contributed by atoms with Gasteiger partial charge in [-0.25, -0.2) is 0 Å². The number of amides is 3. The zero-order valence-corrected chi connectivity index (χ0v) is 28.5. The summed E-state index contributed by atoms with van der Waals surface area (Å²) in [6.07, 6.45) is 5.73. The minimum Gasteiger partial charge on any atom is -0.455 e. The molecule has 12 heteroatoms. The van der Waals surface area contributed by atoms with Gasteiger partial charge in [-0.05, 0) is 44.1 Å². The molecule has 0 aliphatic carbocycles. The van der Waals surface area contributed by atoms with Crippen molar-refractivity contribution in [2.75, 3.05) is 65.6 Å². The van der Waals surface area contributed by atoms with Gasteiger partial charge >= 0.3 is 5.97 Å². The Hall–Kier alpha value is -3.58. The highest BCUT2D eigenvalue weighted by Gasteiger charge is 2.75. The number of benzene rings is 1. The number of carbonyl (C=O) groups excluding carboxylic acids is 4. The summed E-state index contributed by atoms with van der Waals surface area (Å²) in [5.74, 6) is -2.97. The van der Waals surface area contributed by atoms with Gasteiger partial charge in [0.2, 0.25) is 17.7 Å². The number of likely N-dealkylation sites (tertiary alicyclic amines) is 1. The van der Waals surface area contributed by atoms with E-state index in [1.807, 2.05) is 30.3 Å². The molecule has 4 aliphatic heterocycles. The van der Waals surface area contributed by atoms with Crippen LogP contribution in [0.2, 0.25) is 0 Å². The number of rotatable bonds is 19. The molecule has 1 aromatic rings. The van der Waals surface area contributed by atoms with Crippen molar-refractivity contribution >= 4 is 23.7 Å². The third-order valence-electron chi connectivity index (χ3n) is 10.3. The van der Waals surface area contributed by atoms with E-state index in [2.05, 4.69) is 23.4 Å². The average molecular weight is 681 g/mol. The van der Waals surface area contributed by atoms with Gasteiger partial charge in [0.05, 0.1) is 37.7 Å². The first-order valence-corrected chi connectivity index (χ1v) is 17.8. The molecule has 4 aliphatic rings. The summed E-state index contributed by atoms with van der Waals surface area (Å²) in [6, 6.07) is 8.32. The number of aliphatic hydroxyl groups excluding tert-OH is 1. The summed E-state index contributed by atoms with van der Waals surface area (Å²) in [5, 5.41) is 12.2. The van der Waals surface area contributed by atoms with Gasteiger partial charge in [0.15, 0.2) is 0 Å². The molecule has 0 radical (unpaired) electrons. The van der Waals surface area contributed by atoms with Gasteiger partial charge in [0.25, 0.3) is 0 Å². The van der Waals surface area contributed by atoms with Crippen molar-refractivity contribution in [1.82, 2.24) is 20.0 Å². The van der Waals surface area contributed by atoms with Crippen molar-refractivity contribution in [3.8, 4) is 0 Å². The van der Waals surface area contributed by atoms with E-state index in [1.165, 1.54) is 0 Å². The predicted molar refractivity (Wildman–Crippen MR) is 182 cm³/mol. The molecular formula is C37H52N4O8. The maximum Gasteiger partial charge on any atom is 0.313 e. The number of morpholine rings is 1. The molecule has 3 amide bonds. The highest BCUT2D eigenvalue weighted by atomic mass is 16.6. The van der Waals surface area contributed by atoms with E-state index in [4.69, 9.17) is 14.2 Å². The van der Waals surface area contributed by atoms with E-state index in [0.29, 0.717) is 77.9 Å². The fourth-order valence-electron chi connectivity index (χ4n) is 7.86. The van der Waals surface area contributed by atoms with E-state index in [1.54, 1.807) is 22.0 Å². The Bertz CT molecular complexity index is 1320. The van der Waals surface area contributed by atoms with E-state index < -0.39 is 41.7 Å². The van der Waals surface area contributed by atoms with Gasteiger partial charge in [-0.3, -0.25) is 24.1 Å². The van der Waals surface area contributed by atoms with Crippen LogP contribution in [0.15, 0.2) is 55.6 Å². The molecule has 1 spiro atoms. The monoisotopic (exact) mass is 680 g/mol. The number of ether oxygens (including phenoxy) is 3. The molecule has 5 rings (SSSR count). The Morgan fingerprint density at radius 1 is 1.10 bits per heavy atom. The van der Waals surface area contributed by atoms with E-state index in [9.17, 15) is 24.3 Å². The van der Waals surface area contributed by atoms with Crippen LogP contribution in [0.1, 0.15) is 56.6 Å². The summed E-state index contributed by atoms with van der Waals surface area (Å²) in [5.41, 5.74) is -0.436. The highest BCUT2D eigenvalue weighted by Crippen LogP contribution is 2.59. The van der Waals surface area contributed by atoms with Gasteiger partial charge in [-0.15, -0.1) is 13.2 Å². The second kappa shape index (κ2) is 17.4. The number of aliphatic hydroxyl groups is 1. The van der Waals surface area contributed by atoms with Crippen LogP contribution in [0.3, 0.4) is 0 Å². The zero-order chi connectivity index (χ0) is 34.8. The number of carbonyl (C=O) groups is 4. The third-order valence-corrected chi connectivity index (χ3v) is 10.3. The predicted octanol–water partition coefficient (Wildman–Crippen LogP) is 2.24. The van der Waals surface area contributed by atoms with Crippen LogP contribution in [0, 0.1) is 11.8 Å². The van der Waals surface area contributed by atoms with Gasteiger partial charge in [0.1, 0.15) is 17.7 Å². The molecular weight excluding hydrogens is 628 g/mol. The summed E-state index contributed by atoms with van der Waals surface area (Å²) >= 11 is 0. The van der Waals surface area contributed by atoms with Gasteiger partial charge in [-0.2, -0.15) is 0 Å². The molecule has 49 heavy (non-hydrogen) atoms. The van der Waals surface area contributed by atoms with Gasteiger partial charge in [-0.1, -0.05) is 42.5 Å². The lowest BCUT2D eigenvalue weighted by molar-refractivity contribution is -0.160. The molecule has 2 bridgehead atoms. The van der Waals surface area contributed by atoms with Crippen molar-refractivity contribution < 1.29 is 38.5 Å². The van der Waals surface area contributed by atoms with Crippen LogP contribution in [0.25, 0.3) is 0 Å². The zero-order valence-electron chi connectivity index (χ0n) is 28.5. The summed E-state index contributed by atoms with van der Waals surface area (Å²) in [6.45, 7) is 12.3. The first-order chi connectivity index (χ1) is 23.8. The molecule has 6 atom stereocenters. The standard InChI is InChI=1S/C37H52N4O8/c1-3-5-14-30(43)38-26-29(27-12-8-6-9-13-27)48-36(46)31-28-15-16-37(49-28)32(31)34(44)41(18-10-7-11-23-42)33(37)35(45)40(17-4-2)20-19-39-21-24-47-25-22-39/h3-4,6,8-9,12-13,28-29,31-33,42H,1-2,5,7,10-11,14-26H2,(H,38,43)/t28-,29+,31+,32+,33-,37+/m1/s1. The summed E-state index contributed by atoms with van der Waals surface area (Å²) in [4.78, 5) is 61.3. The minimum atomic E-state index is -1.15. The second-order valence-corrected chi connectivity index (χ2v) is 13.4. The molecule has 2 N–H and O–H groups in total. The Kier molecular flexibility index (Phi) is 13.0. The van der Waals surface area contributed by atoms with E-state index >= 15 is 0 Å². The number of unbranched alkanes of at least 4 members (excludes halogenated alkanes) is 2.